The van der Waals surface area contributed by atoms with Gasteiger partial charge in [-0.25, -0.2) is 8.42 Å². The topological polar surface area (TPSA) is 76.8 Å². The second kappa shape index (κ2) is 9.17. The Morgan fingerprint density at radius 1 is 1.16 bits per heavy atom. The zero-order valence-electron chi connectivity index (χ0n) is 17.3. The molecule has 0 unspecified atom stereocenters. The van der Waals surface area contributed by atoms with Crippen LogP contribution in [-0.2, 0) is 16.4 Å². The van der Waals surface area contributed by atoms with Crippen molar-refractivity contribution in [3.63, 3.8) is 0 Å². The fraction of sp³-hybridized carbons (Fsp3) is 0.261. The number of hydrogen-bond acceptors (Lipinski definition) is 5. The van der Waals surface area contributed by atoms with E-state index in [1.165, 1.54) is 7.11 Å². The number of carbonyl (C=O) groups excluding carboxylic acids is 1. The molecule has 168 valence electrons. The van der Waals surface area contributed by atoms with E-state index in [4.69, 9.17) is 32.4 Å². The van der Waals surface area contributed by atoms with Crippen molar-refractivity contribution in [3.8, 4) is 17.1 Å². The standard InChI is InChI=1S/C23H21Cl2NO5S/c1-30-21-5-3-2-4-18(21)23(27)26(16-10-11-32(28,29)14-16)13-17-7-9-22(31-17)19-12-15(24)6-8-20(19)25/h2-9,12,16H,10-11,13-14H2,1H3/t16-/m0/s1. The van der Waals surface area contributed by atoms with E-state index >= 15 is 0 Å². The number of carbonyl (C=O) groups is 1. The maximum Gasteiger partial charge on any atom is 0.258 e. The van der Waals surface area contributed by atoms with Gasteiger partial charge in [-0.05, 0) is 48.9 Å². The van der Waals surface area contributed by atoms with E-state index in [0.29, 0.717) is 44.9 Å². The first-order valence-electron chi connectivity index (χ1n) is 9.96. The van der Waals surface area contributed by atoms with Crippen molar-refractivity contribution in [1.29, 1.82) is 0 Å². The van der Waals surface area contributed by atoms with Gasteiger partial charge in [-0.15, -0.1) is 0 Å². The lowest BCUT2D eigenvalue weighted by molar-refractivity contribution is 0.0663. The van der Waals surface area contributed by atoms with E-state index in [0.717, 1.165) is 0 Å². The molecule has 1 aliphatic rings. The van der Waals surface area contributed by atoms with Crippen molar-refractivity contribution in [3.05, 3.63) is 76.0 Å². The van der Waals surface area contributed by atoms with E-state index in [-0.39, 0.29) is 24.0 Å². The third-order valence-corrected chi connectivity index (χ3v) is 7.74. The Hall–Kier alpha value is -2.48. The molecule has 1 fully saturated rings. The minimum absolute atomic E-state index is 0.0505. The molecule has 4 rings (SSSR count). The molecule has 2 aromatic carbocycles. The molecule has 3 aromatic rings. The fourth-order valence-electron chi connectivity index (χ4n) is 3.83. The third kappa shape index (κ3) is 4.80. The maximum atomic E-state index is 13.5. The number of amides is 1. The van der Waals surface area contributed by atoms with Crippen molar-refractivity contribution in [1.82, 2.24) is 4.90 Å². The number of methoxy groups -OCH3 is 1. The molecule has 6 nitrogen and oxygen atoms in total. The highest BCUT2D eigenvalue weighted by atomic mass is 35.5. The zero-order chi connectivity index (χ0) is 22.9. The van der Waals surface area contributed by atoms with Crippen molar-refractivity contribution in [2.24, 2.45) is 0 Å². The number of para-hydroxylation sites is 1. The molecule has 0 spiro atoms. The summed E-state index contributed by atoms with van der Waals surface area (Å²) < 4.78 is 35.6. The summed E-state index contributed by atoms with van der Waals surface area (Å²) >= 11 is 12.4. The van der Waals surface area contributed by atoms with E-state index in [1.54, 1.807) is 59.5 Å². The van der Waals surface area contributed by atoms with E-state index in [9.17, 15) is 13.2 Å². The quantitative estimate of drug-likeness (QED) is 0.477. The number of furan rings is 1. The van der Waals surface area contributed by atoms with Crippen LogP contribution in [0, 0.1) is 0 Å². The third-order valence-electron chi connectivity index (χ3n) is 5.43. The van der Waals surface area contributed by atoms with Crippen LogP contribution in [0.3, 0.4) is 0 Å². The zero-order valence-corrected chi connectivity index (χ0v) is 19.6. The van der Waals surface area contributed by atoms with E-state index in [1.807, 2.05) is 0 Å². The van der Waals surface area contributed by atoms with Gasteiger partial charge in [0.15, 0.2) is 9.84 Å². The average molecular weight is 494 g/mol. The minimum atomic E-state index is -3.20. The number of sulfone groups is 1. The van der Waals surface area contributed by atoms with Gasteiger partial charge in [-0.2, -0.15) is 0 Å². The number of halogens is 2. The fourth-order valence-corrected chi connectivity index (χ4v) is 5.94. The molecule has 9 heteroatoms. The van der Waals surface area contributed by atoms with Crippen LogP contribution in [0.4, 0.5) is 0 Å². The van der Waals surface area contributed by atoms with Gasteiger partial charge in [0.1, 0.15) is 17.3 Å². The first-order chi connectivity index (χ1) is 15.3. The molecule has 1 atom stereocenters. The molecule has 1 amide bonds. The summed E-state index contributed by atoms with van der Waals surface area (Å²) in [6, 6.07) is 15.0. The highest BCUT2D eigenvalue weighted by molar-refractivity contribution is 7.91. The lowest BCUT2D eigenvalue weighted by Gasteiger charge is -2.28. The minimum Gasteiger partial charge on any atom is -0.496 e. The van der Waals surface area contributed by atoms with Gasteiger partial charge in [0.05, 0.1) is 35.7 Å². The molecule has 0 N–H and O–H groups in total. The molecule has 1 aliphatic heterocycles. The Kier molecular flexibility index (Phi) is 6.51. The van der Waals surface area contributed by atoms with Crippen LogP contribution in [-0.4, -0.2) is 43.9 Å². The summed E-state index contributed by atoms with van der Waals surface area (Å²) in [6.07, 6.45) is 0.372. The normalized spacial score (nSPS) is 17.3. The van der Waals surface area contributed by atoms with E-state index < -0.39 is 15.9 Å². The van der Waals surface area contributed by atoms with Crippen LogP contribution in [0.5, 0.6) is 5.75 Å². The van der Waals surface area contributed by atoms with Gasteiger partial charge < -0.3 is 14.1 Å². The largest absolute Gasteiger partial charge is 0.496 e. The highest BCUT2D eigenvalue weighted by Crippen LogP contribution is 2.33. The van der Waals surface area contributed by atoms with Crippen LogP contribution < -0.4 is 4.74 Å². The Labute approximate surface area is 196 Å². The number of nitrogens with zero attached hydrogens (tertiary/aromatic N) is 1. The Bertz CT molecular complexity index is 1250. The van der Waals surface area contributed by atoms with Gasteiger partial charge >= 0.3 is 0 Å². The molecule has 2 heterocycles. The van der Waals surface area contributed by atoms with Gasteiger partial charge in [0, 0.05) is 16.6 Å². The molecule has 1 saturated heterocycles. The second-order valence-electron chi connectivity index (χ2n) is 7.58. The smallest absolute Gasteiger partial charge is 0.258 e. The van der Waals surface area contributed by atoms with E-state index in [2.05, 4.69) is 0 Å². The van der Waals surface area contributed by atoms with Crippen LogP contribution in [0.15, 0.2) is 59.0 Å². The lowest BCUT2D eigenvalue weighted by Crippen LogP contribution is -2.40. The van der Waals surface area contributed by atoms with Crippen LogP contribution >= 0.6 is 23.2 Å². The number of rotatable bonds is 6. The maximum absolute atomic E-state index is 13.5. The summed E-state index contributed by atoms with van der Waals surface area (Å²) in [5.74, 6) is 1.09. The Morgan fingerprint density at radius 2 is 1.94 bits per heavy atom. The van der Waals surface area contributed by atoms with Crippen LogP contribution in [0.1, 0.15) is 22.5 Å². The molecule has 1 aromatic heterocycles. The van der Waals surface area contributed by atoms with Crippen LogP contribution in [0.2, 0.25) is 10.0 Å². The van der Waals surface area contributed by atoms with Crippen LogP contribution in [0.25, 0.3) is 11.3 Å². The molecule has 0 saturated carbocycles. The summed E-state index contributed by atoms with van der Waals surface area (Å²) in [6.45, 7) is 0.106. The van der Waals surface area contributed by atoms with Gasteiger partial charge in [0.2, 0.25) is 0 Å². The number of benzene rings is 2. The van der Waals surface area contributed by atoms with Crippen molar-refractivity contribution < 1.29 is 22.4 Å². The predicted octanol–water partition coefficient (Wildman–Crippen LogP) is 5.09. The molecular formula is C23H21Cl2NO5S. The first kappa shape index (κ1) is 22.7. The lowest BCUT2D eigenvalue weighted by atomic mass is 10.1. The first-order valence-corrected chi connectivity index (χ1v) is 12.5. The highest BCUT2D eigenvalue weighted by Gasteiger charge is 2.36. The SMILES string of the molecule is COc1ccccc1C(=O)N(Cc1ccc(-c2cc(Cl)ccc2Cl)o1)[C@H]1CCS(=O)(=O)C1. The summed E-state index contributed by atoms with van der Waals surface area (Å²) in [5, 5.41) is 1.01. The monoisotopic (exact) mass is 493 g/mol. The van der Waals surface area contributed by atoms with Gasteiger partial charge in [-0.1, -0.05) is 35.3 Å². The van der Waals surface area contributed by atoms with Crippen molar-refractivity contribution >= 4 is 38.9 Å². The average Bonchev–Trinajstić information content (AvgIpc) is 3.39. The van der Waals surface area contributed by atoms with Crippen molar-refractivity contribution in [2.45, 2.75) is 19.0 Å². The number of hydrogen-bond donors (Lipinski definition) is 0. The predicted molar refractivity (Wildman–Crippen MR) is 124 cm³/mol. The molecule has 0 radical (unpaired) electrons. The molecule has 0 bridgehead atoms. The van der Waals surface area contributed by atoms with Crippen molar-refractivity contribution in [2.75, 3.05) is 18.6 Å². The second-order valence-corrected chi connectivity index (χ2v) is 10.7. The Morgan fingerprint density at radius 3 is 2.66 bits per heavy atom. The summed E-state index contributed by atoms with van der Waals surface area (Å²) in [4.78, 5) is 15.0. The summed E-state index contributed by atoms with van der Waals surface area (Å²) in [5.41, 5.74) is 1.00. The Balaban J connectivity index is 1.66. The molecule has 32 heavy (non-hydrogen) atoms. The summed E-state index contributed by atoms with van der Waals surface area (Å²) in [7, 11) is -1.71. The van der Waals surface area contributed by atoms with Gasteiger partial charge in [-0.3, -0.25) is 4.79 Å². The number of ether oxygens (including phenoxy) is 1. The van der Waals surface area contributed by atoms with Gasteiger partial charge in [0.25, 0.3) is 5.91 Å². The molecule has 0 aliphatic carbocycles. The molecular weight excluding hydrogens is 473 g/mol.